The highest BCUT2D eigenvalue weighted by Gasteiger charge is 2.55. The number of aliphatic hydroxyl groups excluding tert-OH is 2. The third kappa shape index (κ3) is 9.78. The maximum Gasteiger partial charge on any atom is 0.335 e. The van der Waals surface area contributed by atoms with Gasteiger partial charge in [0.1, 0.15) is 30.5 Å². The van der Waals surface area contributed by atoms with Crippen LogP contribution in [0.2, 0.25) is 0 Å². The van der Waals surface area contributed by atoms with Crippen LogP contribution in [0.25, 0.3) is 0 Å². The van der Waals surface area contributed by atoms with Gasteiger partial charge in [-0.2, -0.15) is 0 Å². The highest BCUT2D eigenvalue weighted by molar-refractivity contribution is 5.76. The summed E-state index contributed by atoms with van der Waals surface area (Å²) >= 11 is 0. The molecule has 6 fully saturated rings. The Bertz CT molecular complexity index is 1620. The van der Waals surface area contributed by atoms with E-state index in [1.807, 2.05) is 19.9 Å². The molecule has 6 saturated heterocycles. The van der Waals surface area contributed by atoms with Gasteiger partial charge < -0.3 is 58.3 Å². The maximum absolute atomic E-state index is 12.5. The summed E-state index contributed by atoms with van der Waals surface area (Å²) in [6, 6.07) is 0. The first-order chi connectivity index (χ1) is 28.3. The molecule has 7 rings (SSSR count). The summed E-state index contributed by atoms with van der Waals surface area (Å²) in [7, 11) is 0. The molecule has 7 heterocycles. The number of ether oxygens (including phenoxy) is 8. The summed E-state index contributed by atoms with van der Waals surface area (Å²) in [5.74, 6) is -4.41. The van der Waals surface area contributed by atoms with Gasteiger partial charge in [0.05, 0.1) is 37.1 Å². The largest absolute Gasteiger partial charge is 0.479 e. The molecule has 17 atom stereocenters. The Morgan fingerprint density at radius 1 is 1.00 bits per heavy atom. The molecule has 0 aliphatic carbocycles. The molecule has 0 aromatic rings. The summed E-state index contributed by atoms with van der Waals surface area (Å²) in [6.45, 7) is 15.9. The van der Waals surface area contributed by atoms with Crippen molar-refractivity contribution in [2.75, 3.05) is 6.61 Å². The van der Waals surface area contributed by atoms with Crippen molar-refractivity contribution in [1.29, 1.82) is 0 Å². The second-order valence-corrected chi connectivity index (χ2v) is 19.4. The van der Waals surface area contributed by atoms with Gasteiger partial charge in [0.25, 0.3) is 0 Å². The molecular weight excluding hydrogens is 776 g/mol. The van der Waals surface area contributed by atoms with E-state index >= 15 is 0 Å². The van der Waals surface area contributed by atoms with Crippen LogP contribution < -0.4 is 0 Å². The van der Waals surface area contributed by atoms with Crippen LogP contribution in [0.3, 0.4) is 0 Å². The van der Waals surface area contributed by atoms with E-state index in [2.05, 4.69) is 26.5 Å². The molecule has 7 aliphatic heterocycles. The average molecular weight is 847 g/mol. The van der Waals surface area contributed by atoms with Gasteiger partial charge in [-0.25, -0.2) is 4.79 Å². The number of hydrogen-bond acceptors (Lipinski definition) is 13. The number of aliphatic carboxylic acids is 1. The molecule has 17 unspecified atom stereocenters. The number of carbonyl (C=O) groups excluding carboxylic acids is 1. The highest BCUT2D eigenvalue weighted by atomic mass is 16.7. The minimum atomic E-state index is -1.97. The standard InChI is InChI=1S/C46H70O14/c1-26-22-35(58-46(24-26)37(48)13-12-33(57-46)25-43(7,52)42(50)51)27(2)10-11-32-15-19-45(56-32)20-16-34-41(60-45)38(49)30(5)40(55-34)36(54-31(6)47)23-29(4)39-28(3)14-18-44(59-39)17-8-9-21-53-44/h10-11,24,27-29,32-41,48-49,52H,5,8-9,12-23,25H2,1-4,6-7H3,(H,50,51). The van der Waals surface area contributed by atoms with Crippen molar-refractivity contribution in [1.82, 2.24) is 0 Å². The van der Waals surface area contributed by atoms with Crippen LogP contribution in [0, 0.1) is 17.8 Å². The van der Waals surface area contributed by atoms with E-state index in [9.17, 15) is 30.0 Å². The van der Waals surface area contributed by atoms with Crippen molar-refractivity contribution >= 4 is 11.9 Å². The number of rotatable bonds is 11. The lowest BCUT2D eigenvalue weighted by Crippen LogP contribution is -2.60. The summed E-state index contributed by atoms with van der Waals surface area (Å²) in [5, 5.41) is 42.8. The molecule has 0 radical (unpaired) electrons. The number of carboxylic acid groups (broad SMARTS) is 1. The second kappa shape index (κ2) is 18.1. The van der Waals surface area contributed by atoms with Gasteiger partial charge in [0.15, 0.2) is 17.2 Å². The van der Waals surface area contributed by atoms with Crippen molar-refractivity contribution in [3.63, 3.8) is 0 Å². The van der Waals surface area contributed by atoms with Crippen LogP contribution in [-0.4, -0.2) is 123 Å². The van der Waals surface area contributed by atoms with Crippen LogP contribution in [0.15, 0.2) is 36.0 Å². The molecule has 0 amide bonds. The molecule has 14 heteroatoms. The molecule has 0 aromatic heterocycles. The number of fused-ring (bicyclic) bond motifs is 1. The van der Waals surface area contributed by atoms with E-state index in [0.717, 1.165) is 37.7 Å². The maximum atomic E-state index is 12.5. The van der Waals surface area contributed by atoms with Crippen LogP contribution in [0.1, 0.15) is 131 Å². The molecule has 3 spiro atoms. The van der Waals surface area contributed by atoms with Gasteiger partial charge in [-0.1, -0.05) is 45.1 Å². The van der Waals surface area contributed by atoms with Gasteiger partial charge >= 0.3 is 11.9 Å². The van der Waals surface area contributed by atoms with E-state index < -0.39 is 77.6 Å². The predicted molar refractivity (Wildman–Crippen MR) is 217 cm³/mol. The fourth-order valence-corrected chi connectivity index (χ4v) is 10.8. The molecule has 4 N–H and O–H groups in total. The van der Waals surface area contributed by atoms with E-state index in [4.69, 9.17) is 37.9 Å². The Labute approximate surface area is 354 Å². The predicted octanol–water partition coefficient (Wildman–Crippen LogP) is 5.78. The molecular formula is C46H70O14. The lowest BCUT2D eigenvalue weighted by Gasteiger charge is -2.50. The Kier molecular flexibility index (Phi) is 13.8. The number of hydrogen-bond donors (Lipinski definition) is 4. The Morgan fingerprint density at radius 2 is 1.75 bits per heavy atom. The Hall–Kier alpha value is -2.24. The number of carbonyl (C=O) groups is 2. The summed E-state index contributed by atoms with van der Waals surface area (Å²) in [5.41, 5.74) is -0.568. The fourth-order valence-electron chi connectivity index (χ4n) is 10.8. The quantitative estimate of drug-likeness (QED) is 0.145. The summed E-state index contributed by atoms with van der Waals surface area (Å²) in [4.78, 5) is 24.1. The van der Waals surface area contributed by atoms with E-state index in [-0.39, 0.29) is 36.6 Å². The van der Waals surface area contributed by atoms with E-state index in [1.165, 1.54) is 13.8 Å². The number of carboxylic acids is 1. The first-order valence-corrected chi connectivity index (χ1v) is 22.5. The first-order valence-electron chi connectivity index (χ1n) is 22.5. The third-order valence-corrected chi connectivity index (χ3v) is 14.3. The molecule has 7 aliphatic rings. The Morgan fingerprint density at radius 3 is 2.47 bits per heavy atom. The molecule has 0 bridgehead atoms. The van der Waals surface area contributed by atoms with Crippen LogP contribution in [-0.2, 0) is 47.5 Å². The Balaban J connectivity index is 0.952. The minimum absolute atomic E-state index is 0.0174. The van der Waals surface area contributed by atoms with Crippen molar-refractivity contribution in [3.8, 4) is 0 Å². The molecule has 0 saturated carbocycles. The van der Waals surface area contributed by atoms with Gasteiger partial charge in [0, 0.05) is 44.9 Å². The molecule has 60 heavy (non-hydrogen) atoms. The van der Waals surface area contributed by atoms with Gasteiger partial charge in [-0.3, -0.25) is 4.79 Å². The van der Waals surface area contributed by atoms with Crippen LogP contribution in [0.4, 0.5) is 0 Å². The minimum Gasteiger partial charge on any atom is -0.479 e. The zero-order valence-corrected chi connectivity index (χ0v) is 36.4. The monoisotopic (exact) mass is 846 g/mol. The SMILES string of the molecule is C=C1C(O)C2OC3(CCC(C=CC(C)C4CC(C)=CC5(OC(CC(C)(O)C(=O)O)CCC5O)O4)O3)CCC2OC1C(CC(C)C1OC2(CCCCO2)CCC1C)OC(C)=O. The highest BCUT2D eigenvalue weighted by Crippen LogP contribution is 2.48. The molecule has 14 nitrogen and oxygen atoms in total. The number of aliphatic hydroxyl groups is 3. The third-order valence-electron chi connectivity index (χ3n) is 14.3. The molecule has 338 valence electrons. The van der Waals surface area contributed by atoms with Gasteiger partial charge in [-0.05, 0) is 95.1 Å². The van der Waals surface area contributed by atoms with Crippen molar-refractivity contribution in [2.45, 2.75) is 215 Å². The van der Waals surface area contributed by atoms with E-state index in [1.54, 1.807) is 6.08 Å². The lowest BCUT2D eigenvalue weighted by atomic mass is 9.79. The topological polar surface area (TPSA) is 189 Å². The van der Waals surface area contributed by atoms with Crippen LogP contribution in [0.5, 0.6) is 0 Å². The smallest absolute Gasteiger partial charge is 0.335 e. The van der Waals surface area contributed by atoms with Crippen LogP contribution >= 0.6 is 0 Å². The first kappa shape index (κ1) is 45.8. The molecule has 0 aromatic carbocycles. The average Bonchev–Trinajstić information content (AvgIpc) is 3.59. The second-order valence-electron chi connectivity index (χ2n) is 19.4. The zero-order valence-electron chi connectivity index (χ0n) is 36.4. The number of esters is 1. The lowest BCUT2D eigenvalue weighted by molar-refractivity contribution is -0.321. The summed E-state index contributed by atoms with van der Waals surface area (Å²) in [6.07, 6.45) is 9.14. The van der Waals surface area contributed by atoms with Gasteiger partial charge in [-0.15, -0.1) is 0 Å². The summed E-state index contributed by atoms with van der Waals surface area (Å²) < 4.78 is 51.6. The van der Waals surface area contributed by atoms with Crippen molar-refractivity contribution < 1.29 is 67.9 Å². The fraction of sp³-hybridized carbons (Fsp3) is 0.826. The normalized spacial score (nSPS) is 43.6. The van der Waals surface area contributed by atoms with Crippen molar-refractivity contribution in [3.05, 3.63) is 36.0 Å². The zero-order chi connectivity index (χ0) is 43.2. The van der Waals surface area contributed by atoms with E-state index in [0.29, 0.717) is 69.5 Å². The van der Waals surface area contributed by atoms with Crippen molar-refractivity contribution in [2.24, 2.45) is 17.8 Å². The van der Waals surface area contributed by atoms with Gasteiger partial charge in [0.2, 0.25) is 5.79 Å².